The highest BCUT2D eigenvalue weighted by Crippen LogP contribution is 2.38. The number of hydrogen-bond donors (Lipinski definition) is 1. The Morgan fingerprint density at radius 1 is 1.17 bits per heavy atom. The fourth-order valence-electron chi connectivity index (χ4n) is 3.33. The van der Waals surface area contributed by atoms with Crippen LogP contribution >= 0.6 is 15.9 Å². The summed E-state index contributed by atoms with van der Waals surface area (Å²) < 4.78 is 5.97. The van der Waals surface area contributed by atoms with E-state index in [2.05, 4.69) is 15.9 Å². The maximum atomic E-state index is 13.0. The molecule has 1 heterocycles. The van der Waals surface area contributed by atoms with Crippen molar-refractivity contribution in [3.8, 4) is 0 Å². The summed E-state index contributed by atoms with van der Waals surface area (Å²) in [5.41, 5.74) is 1.73. The normalized spacial score (nSPS) is 16.8. The second kappa shape index (κ2) is 9.67. The van der Waals surface area contributed by atoms with Gasteiger partial charge in [0, 0.05) is 24.7 Å². The lowest BCUT2D eigenvalue weighted by atomic mass is 9.95. The number of aliphatic hydroxyl groups is 1. The molecule has 0 aliphatic carbocycles. The van der Waals surface area contributed by atoms with E-state index in [1.165, 1.54) is 11.0 Å². The van der Waals surface area contributed by atoms with Gasteiger partial charge in [0.1, 0.15) is 0 Å². The molecule has 0 saturated carbocycles. The number of benzene rings is 2. The van der Waals surface area contributed by atoms with Gasteiger partial charge < -0.3 is 14.7 Å². The molecule has 0 fully saturated rings. The van der Waals surface area contributed by atoms with E-state index in [1.807, 2.05) is 54.6 Å². The van der Waals surface area contributed by atoms with E-state index < -0.39 is 17.7 Å². The molecule has 6 heteroatoms. The third-order valence-corrected chi connectivity index (χ3v) is 5.26. The van der Waals surface area contributed by atoms with Gasteiger partial charge >= 0.3 is 0 Å². The summed E-state index contributed by atoms with van der Waals surface area (Å²) in [5, 5.41) is 10.5. The first kappa shape index (κ1) is 21.0. The lowest BCUT2D eigenvalue weighted by molar-refractivity contribution is -0.129. The second-order valence-corrected chi connectivity index (χ2v) is 7.59. The smallest absolute Gasteiger partial charge is 0.290 e. The quantitative estimate of drug-likeness (QED) is 0.471. The maximum Gasteiger partial charge on any atom is 0.290 e. The number of halogens is 1. The summed E-state index contributed by atoms with van der Waals surface area (Å²) in [5.74, 6) is -1.41. The highest BCUT2D eigenvalue weighted by Gasteiger charge is 2.42. The zero-order valence-electron chi connectivity index (χ0n) is 16.0. The number of ketones is 1. The molecule has 1 amide bonds. The highest BCUT2D eigenvalue weighted by molar-refractivity contribution is 9.10. The van der Waals surface area contributed by atoms with Crippen LogP contribution in [0.5, 0.6) is 0 Å². The fraction of sp³-hybridized carbons (Fsp3) is 0.217. The van der Waals surface area contributed by atoms with Crippen molar-refractivity contribution >= 4 is 33.7 Å². The predicted octanol–water partition coefficient (Wildman–Crippen LogP) is 4.46. The van der Waals surface area contributed by atoms with Crippen LogP contribution in [0, 0.1) is 0 Å². The number of hydrogen-bond acceptors (Lipinski definition) is 4. The van der Waals surface area contributed by atoms with Crippen LogP contribution in [-0.2, 0) is 14.3 Å². The van der Waals surface area contributed by atoms with Gasteiger partial charge in [0.05, 0.1) is 11.6 Å². The molecule has 0 saturated heterocycles. The molecule has 2 aromatic carbocycles. The number of methoxy groups -OCH3 is 1. The van der Waals surface area contributed by atoms with Crippen molar-refractivity contribution < 1.29 is 19.4 Å². The minimum Gasteiger partial charge on any atom is -0.503 e. The van der Waals surface area contributed by atoms with Crippen molar-refractivity contribution in [1.29, 1.82) is 0 Å². The topological polar surface area (TPSA) is 66.8 Å². The number of rotatable bonds is 8. The third-order valence-electron chi connectivity index (χ3n) is 4.73. The first-order valence-electron chi connectivity index (χ1n) is 9.29. The Labute approximate surface area is 178 Å². The van der Waals surface area contributed by atoms with Crippen molar-refractivity contribution in [1.82, 2.24) is 4.90 Å². The number of carbonyl (C=O) groups excluding carboxylic acids is 2. The van der Waals surface area contributed by atoms with Gasteiger partial charge in [-0.1, -0.05) is 64.5 Å². The van der Waals surface area contributed by atoms with Crippen LogP contribution in [0.15, 0.2) is 76.5 Å². The minimum absolute atomic E-state index is 0.0990. The molecule has 0 spiro atoms. The molecule has 2 aromatic rings. The van der Waals surface area contributed by atoms with E-state index in [4.69, 9.17) is 4.74 Å². The highest BCUT2D eigenvalue weighted by atomic mass is 79.9. The lowest BCUT2D eigenvalue weighted by Gasteiger charge is -2.26. The van der Waals surface area contributed by atoms with E-state index in [1.54, 1.807) is 13.2 Å². The van der Waals surface area contributed by atoms with Gasteiger partial charge in [-0.25, -0.2) is 0 Å². The first-order valence-corrected chi connectivity index (χ1v) is 10.1. The molecular formula is C23H22BrNO4. The zero-order valence-corrected chi connectivity index (χ0v) is 17.6. The minimum atomic E-state index is -0.639. The molecule has 29 heavy (non-hydrogen) atoms. The Kier molecular flexibility index (Phi) is 7.01. The number of ether oxygens (including phenoxy) is 1. The average Bonchev–Trinajstić information content (AvgIpc) is 2.98. The van der Waals surface area contributed by atoms with Gasteiger partial charge in [-0.15, -0.1) is 0 Å². The molecule has 150 valence electrons. The van der Waals surface area contributed by atoms with Crippen LogP contribution in [0.2, 0.25) is 0 Å². The Bertz CT molecular complexity index is 935. The van der Waals surface area contributed by atoms with Crippen LogP contribution in [0.1, 0.15) is 23.6 Å². The molecule has 1 aliphatic rings. The summed E-state index contributed by atoms with van der Waals surface area (Å²) in [6.07, 6.45) is 3.68. The summed E-state index contributed by atoms with van der Waals surface area (Å²) in [6, 6.07) is 16.2. The van der Waals surface area contributed by atoms with Crippen LogP contribution in [0.4, 0.5) is 0 Å². The molecule has 0 aromatic heterocycles. The third kappa shape index (κ3) is 4.83. The second-order valence-electron chi connectivity index (χ2n) is 6.67. The van der Waals surface area contributed by atoms with E-state index >= 15 is 0 Å². The summed E-state index contributed by atoms with van der Waals surface area (Å²) >= 11 is 3.40. The average molecular weight is 456 g/mol. The van der Waals surface area contributed by atoms with E-state index in [0.29, 0.717) is 19.6 Å². The Balaban J connectivity index is 1.94. The van der Waals surface area contributed by atoms with E-state index in [9.17, 15) is 14.7 Å². The molecule has 0 radical (unpaired) electrons. The van der Waals surface area contributed by atoms with Gasteiger partial charge in [-0.2, -0.15) is 0 Å². The zero-order chi connectivity index (χ0) is 20.8. The van der Waals surface area contributed by atoms with Gasteiger partial charge in [0.15, 0.2) is 11.5 Å². The molecule has 3 rings (SSSR count). The number of allylic oxidation sites excluding steroid dienone is 1. The molecule has 0 bridgehead atoms. The van der Waals surface area contributed by atoms with E-state index in [0.717, 1.165) is 15.6 Å². The fourth-order valence-corrected chi connectivity index (χ4v) is 3.60. The van der Waals surface area contributed by atoms with Gasteiger partial charge in [0.25, 0.3) is 5.91 Å². The van der Waals surface area contributed by atoms with Crippen LogP contribution in [-0.4, -0.2) is 42.0 Å². The molecule has 1 unspecified atom stereocenters. The molecule has 1 N–H and O–H groups in total. The number of carbonyl (C=O) groups is 2. The van der Waals surface area contributed by atoms with Crippen molar-refractivity contribution in [3.63, 3.8) is 0 Å². The lowest BCUT2D eigenvalue weighted by Crippen LogP contribution is -2.32. The van der Waals surface area contributed by atoms with Crippen molar-refractivity contribution in [2.45, 2.75) is 12.5 Å². The molecule has 1 atom stereocenters. The Morgan fingerprint density at radius 2 is 1.86 bits per heavy atom. The number of amides is 1. The van der Waals surface area contributed by atoms with Crippen LogP contribution < -0.4 is 0 Å². The number of aliphatic hydroxyl groups excluding tert-OH is 1. The largest absolute Gasteiger partial charge is 0.503 e. The monoisotopic (exact) mass is 455 g/mol. The molecule has 1 aliphatic heterocycles. The van der Waals surface area contributed by atoms with Crippen LogP contribution in [0.25, 0.3) is 6.08 Å². The predicted molar refractivity (Wildman–Crippen MR) is 115 cm³/mol. The summed E-state index contributed by atoms with van der Waals surface area (Å²) in [7, 11) is 1.59. The van der Waals surface area contributed by atoms with Crippen LogP contribution in [0.3, 0.4) is 0 Å². The molecule has 5 nitrogen and oxygen atoms in total. The van der Waals surface area contributed by atoms with Gasteiger partial charge in [-0.3, -0.25) is 9.59 Å². The Hall–Kier alpha value is -2.70. The van der Waals surface area contributed by atoms with Gasteiger partial charge in [0.2, 0.25) is 0 Å². The Morgan fingerprint density at radius 3 is 2.52 bits per heavy atom. The molecular weight excluding hydrogens is 434 g/mol. The maximum absolute atomic E-state index is 13.0. The first-order chi connectivity index (χ1) is 14.0. The summed E-state index contributed by atoms with van der Waals surface area (Å²) in [6.45, 7) is 0.853. The standard InChI is InChI=1S/C23H22BrNO4/c1-29-15-5-14-25-21(17-9-11-18(24)12-10-17)20(22(27)23(25)28)19(26)13-8-16-6-3-2-4-7-16/h2-4,6-13,21,27H,5,14-15H2,1H3/b13-8+. The summed E-state index contributed by atoms with van der Waals surface area (Å²) in [4.78, 5) is 27.2. The van der Waals surface area contributed by atoms with Crippen molar-refractivity contribution in [3.05, 3.63) is 87.6 Å². The van der Waals surface area contributed by atoms with Crippen molar-refractivity contribution in [2.24, 2.45) is 0 Å². The van der Waals surface area contributed by atoms with E-state index in [-0.39, 0.29) is 11.4 Å². The number of nitrogens with zero attached hydrogens (tertiary/aromatic N) is 1. The van der Waals surface area contributed by atoms with Crippen molar-refractivity contribution in [2.75, 3.05) is 20.3 Å². The van der Waals surface area contributed by atoms with Gasteiger partial charge in [-0.05, 0) is 35.8 Å². The SMILES string of the molecule is COCCCN1C(=O)C(O)=C(C(=O)/C=C/c2ccccc2)C1c1ccc(Br)cc1.